The zero-order chi connectivity index (χ0) is 9.84. The van der Waals surface area contributed by atoms with E-state index in [2.05, 4.69) is 11.4 Å². The number of aryl methyl sites for hydroxylation is 2. The molecule has 2 nitrogen and oxygen atoms in total. The minimum atomic E-state index is 0.0487. The summed E-state index contributed by atoms with van der Waals surface area (Å²) in [6.07, 6.45) is 0. The van der Waals surface area contributed by atoms with Crippen LogP contribution in [0.25, 0.3) is 0 Å². The number of hydrogen-bond donors (Lipinski definition) is 1. The smallest absolute Gasteiger partial charge is 0.234 e. The van der Waals surface area contributed by atoms with Crippen LogP contribution in [0.15, 0.2) is 18.2 Å². The molecule has 0 aliphatic heterocycles. The Bertz CT molecular complexity index is 323. The predicted molar refractivity (Wildman–Crippen MR) is 63.4 cm³/mol. The first-order chi connectivity index (χ1) is 6.13. The molecule has 0 atom stereocenters. The first kappa shape index (κ1) is 10.5. The molecule has 0 bridgehead atoms. The van der Waals surface area contributed by atoms with Crippen molar-refractivity contribution in [2.75, 3.05) is 9.74 Å². The maximum atomic E-state index is 11.1. The van der Waals surface area contributed by atoms with Crippen LogP contribution < -0.4 is 5.32 Å². The van der Waals surface area contributed by atoms with Gasteiger partial charge >= 0.3 is 0 Å². The fourth-order valence-electron chi connectivity index (χ4n) is 1.14. The number of halogens is 1. The second-order valence-electron chi connectivity index (χ2n) is 3.00. The number of alkyl halides is 1. The molecule has 13 heavy (non-hydrogen) atoms. The Kier molecular flexibility index (Phi) is 3.71. The number of carbonyl (C=O) groups is 1. The van der Waals surface area contributed by atoms with Gasteiger partial charge in [0.05, 0.1) is 4.43 Å². The lowest BCUT2D eigenvalue weighted by Crippen LogP contribution is -2.13. The molecule has 70 valence electrons. The van der Waals surface area contributed by atoms with Gasteiger partial charge in [0.15, 0.2) is 0 Å². The standard InChI is InChI=1S/C10H12INO/c1-7-3-4-9(8(2)5-7)12-10(13)6-11/h3-5H,6H2,1-2H3,(H,12,13). The fourth-order valence-corrected chi connectivity index (χ4v) is 1.33. The molecule has 0 aromatic heterocycles. The summed E-state index contributed by atoms with van der Waals surface area (Å²) in [7, 11) is 0. The lowest BCUT2D eigenvalue weighted by molar-refractivity contribution is -0.113. The third-order valence-electron chi connectivity index (χ3n) is 1.78. The van der Waals surface area contributed by atoms with Crippen molar-refractivity contribution >= 4 is 34.2 Å². The second kappa shape index (κ2) is 4.60. The summed E-state index contributed by atoms with van der Waals surface area (Å²) in [5, 5.41) is 2.84. The molecule has 0 radical (unpaired) electrons. The van der Waals surface area contributed by atoms with E-state index in [-0.39, 0.29) is 5.91 Å². The van der Waals surface area contributed by atoms with Gasteiger partial charge in [-0.25, -0.2) is 0 Å². The second-order valence-corrected chi connectivity index (χ2v) is 3.76. The highest BCUT2D eigenvalue weighted by molar-refractivity contribution is 14.1. The SMILES string of the molecule is Cc1ccc(NC(=O)CI)c(C)c1. The molecular formula is C10H12INO. The number of carbonyl (C=O) groups excluding carboxylic acids is 1. The normalized spacial score (nSPS) is 9.77. The average Bonchev–Trinajstić information content (AvgIpc) is 2.09. The summed E-state index contributed by atoms with van der Waals surface area (Å²) in [5.74, 6) is 0.0487. The van der Waals surface area contributed by atoms with Crippen molar-refractivity contribution in [2.24, 2.45) is 0 Å². The first-order valence-corrected chi connectivity index (χ1v) is 5.59. The van der Waals surface area contributed by atoms with Gasteiger partial charge in [-0.15, -0.1) is 0 Å². The van der Waals surface area contributed by atoms with E-state index < -0.39 is 0 Å². The molecule has 1 rings (SSSR count). The third kappa shape index (κ3) is 2.99. The average molecular weight is 289 g/mol. The molecular weight excluding hydrogens is 277 g/mol. The zero-order valence-corrected chi connectivity index (χ0v) is 9.88. The van der Waals surface area contributed by atoms with Crippen LogP contribution in [0.2, 0.25) is 0 Å². The quantitative estimate of drug-likeness (QED) is 0.658. The van der Waals surface area contributed by atoms with Crippen molar-refractivity contribution < 1.29 is 4.79 Å². The number of anilines is 1. The van der Waals surface area contributed by atoms with Gasteiger partial charge in [0, 0.05) is 5.69 Å². The lowest BCUT2D eigenvalue weighted by Gasteiger charge is -2.07. The van der Waals surface area contributed by atoms with Crippen LogP contribution in [0.4, 0.5) is 5.69 Å². The van der Waals surface area contributed by atoms with Gasteiger partial charge < -0.3 is 5.32 Å². The van der Waals surface area contributed by atoms with E-state index in [1.807, 2.05) is 48.6 Å². The van der Waals surface area contributed by atoms with Gasteiger partial charge in [0.2, 0.25) is 5.91 Å². The molecule has 0 saturated carbocycles. The Balaban J connectivity index is 2.83. The van der Waals surface area contributed by atoms with E-state index in [0.29, 0.717) is 4.43 Å². The molecule has 1 N–H and O–H groups in total. The lowest BCUT2D eigenvalue weighted by atomic mass is 10.1. The molecule has 1 aromatic rings. The summed E-state index contributed by atoms with van der Waals surface area (Å²) in [4.78, 5) is 11.1. The minimum Gasteiger partial charge on any atom is -0.325 e. The maximum Gasteiger partial charge on any atom is 0.234 e. The molecule has 0 aliphatic rings. The third-order valence-corrected chi connectivity index (χ3v) is 2.47. The first-order valence-electron chi connectivity index (χ1n) is 4.06. The summed E-state index contributed by atoms with van der Waals surface area (Å²) in [6, 6.07) is 5.99. The topological polar surface area (TPSA) is 29.1 Å². The van der Waals surface area contributed by atoms with Crippen molar-refractivity contribution in [2.45, 2.75) is 13.8 Å². The molecule has 0 unspecified atom stereocenters. The number of nitrogens with one attached hydrogen (secondary N) is 1. The van der Waals surface area contributed by atoms with Gasteiger partial charge in [-0.05, 0) is 25.5 Å². The molecule has 3 heteroatoms. The van der Waals surface area contributed by atoms with Crippen LogP contribution in [-0.2, 0) is 4.79 Å². The molecule has 0 saturated heterocycles. The van der Waals surface area contributed by atoms with Gasteiger partial charge in [-0.2, -0.15) is 0 Å². The Morgan fingerprint density at radius 3 is 2.69 bits per heavy atom. The van der Waals surface area contributed by atoms with Crippen molar-refractivity contribution in [3.8, 4) is 0 Å². The molecule has 1 amide bonds. The van der Waals surface area contributed by atoms with Crippen molar-refractivity contribution in [3.05, 3.63) is 29.3 Å². The largest absolute Gasteiger partial charge is 0.325 e. The van der Waals surface area contributed by atoms with E-state index >= 15 is 0 Å². The van der Waals surface area contributed by atoms with Crippen LogP contribution >= 0.6 is 22.6 Å². The van der Waals surface area contributed by atoms with E-state index in [4.69, 9.17) is 0 Å². The van der Waals surface area contributed by atoms with Crippen molar-refractivity contribution in [1.82, 2.24) is 0 Å². The van der Waals surface area contributed by atoms with E-state index in [1.165, 1.54) is 5.56 Å². The van der Waals surface area contributed by atoms with Crippen LogP contribution in [0.3, 0.4) is 0 Å². The summed E-state index contributed by atoms with van der Waals surface area (Å²) < 4.78 is 0.491. The Morgan fingerprint density at radius 1 is 1.46 bits per heavy atom. The van der Waals surface area contributed by atoms with Gasteiger partial charge in [0.25, 0.3) is 0 Å². The summed E-state index contributed by atoms with van der Waals surface area (Å²) in [5.41, 5.74) is 3.23. The summed E-state index contributed by atoms with van der Waals surface area (Å²) in [6.45, 7) is 4.03. The number of benzene rings is 1. The minimum absolute atomic E-state index is 0.0487. The van der Waals surface area contributed by atoms with Gasteiger partial charge in [-0.3, -0.25) is 4.79 Å². The maximum absolute atomic E-state index is 11.1. The Hall–Kier alpha value is -0.580. The van der Waals surface area contributed by atoms with E-state index in [0.717, 1.165) is 11.3 Å². The number of amides is 1. The van der Waals surface area contributed by atoms with Crippen LogP contribution in [0.1, 0.15) is 11.1 Å². The Morgan fingerprint density at radius 2 is 2.15 bits per heavy atom. The van der Waals surface area contributed by atoms with Crippen LogP contribution in [0, 0.1) is 13.8 Å². The van der Waals surface area contributed by atoms with Gasteiger partial charge in [-0.1, -0.05) is 40.3 Å². The van der Waals surface area contributed by atoms with Crippen molar-refractivity contribution in [1.29, 1.82) is 0 Å². The highest BCUT2D eigenvalue weighted by Crippen LogP contribution is 2.15. The number of hydrogen-bond acceptors (Lipinski definition) is 1. The molecule has 0 fully saturated rings. The van der Waals surface area contributed by atoms with E-state index in [9.17, 15) is 4.79 Å². The zero-order valence-electron chi connectivity index (χ0n) is 7.73. The monoisotopic (exact) mass is 289 g/mol. The van der Waals surface area contributed by atoms with Crippen LogP contribution in [0.5, 0.6) is 0 Å². The summed E-state index contributed by atoms with van der Waals surface area (Å²) >= 11 is 2.05. The number of rotatable bonds is 2. The Labute approximate surface area is 91.9 Å². The molecule has 1 aromatic carbocycles. The molecule has 0 aliphatic carbocycles. The van der Waals surface area contributed by atoms with E-state index in [1.54, 1.807) is 0 Å². The molecule has 0 spiro atoms. The molecule has 0 heterocycles. The highest BCUT2D eigenvalue weighted by atomic mass is 127. The van der Waals surface area contributed by atoms with Gasteiger partial charge in [0.1, 0.15) is 0 Å². The van der Waals surface area contributed by atoms with Crippen molar-refractivity contribution in [3.63, 3.8) is 0 Å². The fraction of sp³-hybridized carbons (Fsp3) is 0.300. The van der Waals surface area contributed by atoms with Crippen LogP contribution in [-0.4, -0.2) is 10.3 Å². The predicted octanol–water partition coefficient (Wildman–Crippen LogP) is 2.68. The highest BCUT2D eigenvalue weighted by Gasteiger charge is 2.01.